The lowest BCUT2D eigenvalue weighted by atomic mass is 10.1. The van der Waals surface area contributed by atoms with E-state index >= 15 is 0 Å². The molecule has 1 aliphatic rings. The maximum Gasteiger partial charge on any atom is 0.0975 e. The Morgan fingerprint density at radius 3 is 2.71 bits per heavy atom. The van der Waals surface area contributed by atoms with Gasteiger partial charge in [0.15, 0.2) is 0 Å². The predicted octanol–water partition coefficient (Wildman–Crippen LogP) is 3.06. The van der Waals surface area contributed by atoms with E-state index in [-0.39, 0.29) is 0 Å². The van der Waals surface area contributed by atoms with Crippen LogP contribution in [0.25, 0.3) is 0 Å². The van der Waals surface area contributed by atoms with Gasteiger partial charge in [-0.25, -0.2) is 0 Å². The van der Waals surface area contributed by atoms with E-state index in [2.05, 4.69) is 17.5 Å². The minimum absolute atomic E-state index is 0.551. The number of benzene rings is 1. The molecule has 0 amide bonds. The molecule has 2 rings (SSSR count). The van der Waals surface area contributed by atoms with Crippen molar-refractivity contribution in [1.82, 2.24) is 5.32 Å². The molecule has 0 saturated heterocycles. The predicted molar refractivity (Wildman–Crippen MR) is 70.1 cm³/mol. The van der Waals surface area contributed by atoms with Gasteiger partial charge in [-0.3, -0.25) is 0 Å². The first-order chi connectivity index (χ1) is 8.25. The molecule has 88 valence electrons. The highest BCUT2D eigenvalue weighted by Gasteiger charge is 2.03. The molecule has 1 aromatic rings. The van der Waals surface area contributed by atoms with Gasteiger partial charge < -0.3 is 10.4 Å². The molecule has 0 bridgehead atoms. The molecular weight excluding hydrogens is 210 g/mol. The van der Waals surface area contributed by atoms with Crippen LogP contribution in [-0.2, 0) is 0 Å². The van der Waals surface area contributed by atoms with E-state index in [0.717, 1.165) is 23.4 Å². The second-order valence-corrected chi connectivity index (χ2v) is 4.12. The summed E-state index contributed by atoms with van der Waals surface area (Å²) in [6.45, 7) is 2.04. The molecule has 17 heavy (non-hydrogen) atoms. The van der Waals surface area contributed by atoms with Crippen LogP contribution < -0.4 is 5.32 Å². The Morgan fingerprint density at radius 2 is 2.00 bits per heavy atom. The summed E-state index contributed by atoms with van der Waals surface area (Å²) in [5, 5.41) is 13.2. The molecule has 0 radical (unpaired) electrons. The Hall–Kier alpha value is -1.80. The number of nitrogens with one attached hydrogen (secondary N) is 1. The maximum absolute atomic E-state index is 9.96. The Balaban J connectivity index is 1.99. The van der Waals surface area contributed by atoms with E-state index in [4.69, 9.17) is 0 Å². The third-order valence-electron chi connectivity index (χ3n) is 2.70. The van der Waals surface area contributed by atoms with Gasteiger partial charge in [0.2, 0.25) is 0 Å². The summed E-state index contributed by atoms with van der Waals surface area (Å²) in [7, 11) is 0. The molecule has 0 aromatic heterocycles. The van der Waals surface area contributed by atoms with Crippen LogP contribution in [0.4, 0.5) is 0 Å². The normalized spacial score (nSPS) is 17.3. The lowest BCUT2D eigenvalue weighted by Crippen LogP contribution is -2.11. The van der Waals surface area contributed by atoms with Crippen LogP contribution in [0.2, 0.25) is 0 Å². The number of hydrogen-bond acceptors (Lipinski definition) is 2. The summed E-state index contributed by atoms with van der Waals surface area (Å²) in [4.78, 5) is 0. The van der Waals surface area contributed by atoms with Crippen LogP contribution in [0.5, 0.6) is 0 Å². The Morgan fingerprint density at radius 1 is 1.24 bits per heavy atom. The highest BCUT2D eigenvalue weighted by atomic mass is 16.3. The molecule has 2 nitrogen and oxygen atoms in total. The summed E-state index contributed by atoms with van der Waals surface area (Å²) in [5.41, 5.74) is 3.11. The summed E-state index contributed by atoms with van der Waals surface area (Å²) in [5.74, 6) is 0. The summed E-state index contributed by atoms with van der Waals surface area (Å²) in [6.07, 6.45) is 8.35. The quantitative estimate of drug-likeness (QED) is 0.831. The SMILES string of the molecule is CC1=CCC=C(C=CC(O)c2ccccc2)N1. The first-order valence-electron chi connectivity index (χ1n) is 5.81. The fourth-order valence-electron chi connectivity index (χ4n) is 1.76. The Kier molecular flexibility index (Phi) is 3.78. The molecule has 1 atom stereocenters. The van der Waals surface area contributed by atoms with Crippen molar-refractivity contribution in [2.24, 2.45) is 0 Å². The van der Waals surface area contributed by atoms with Crippen LogP contribution in [-0.4, -0.2) is 5.11 Å². The molecule has 1 unspecified atom stereocenters. The van der Waals surface area contributed by atoms with Gasteiger partial charge in [-0.05, 0) is 31.1 Å². The van der Waals surface area contributed by atoms with Crippen LogP contribution >= 0.6 is 0 Å². The minimum atomic E-state index is -0.551. The van der Waals surface area contributed by atoms with E-state index in [1.807, 2.05) is 43.3 Å². The number of allylic oxidation sites excluding steroid dienone is 4. The fraction of sp³-hybridized carbons (Fsp3) is 0.200. The molecule has 0 aliphatic carbocycles. The van der Waals surface area contributed by atoms with Gasteiger partial charge in [0.25, 0.3) is 0 Å². The van der Waals surface area contributed by atoms with Crippen molar-refractivity contribution in [2.45, 2.75) is 19.4 Å². The van der Waals surface area contributed by atoms with Gasteiger partial charge in [-0.15, -0.1) is 0 Å². The Labute approximate surface area is 102 Å². The van der Waals surface area contributed by atoms with Crippen molar-refractivity contribution in [1.29, 1.82) is 0 Å². The van der Waals surface area contributed by atoms with E-state index in [0.29, 0.717) is 0 Å². The molecule has 0 spiro atoms. The molecule has 1 aliphatic heterocycles. The van der Waals surface area contributed by atoms with Crippen LogP contribution in [0, 0.1) is 0 Å². The number of dihydropyridines is 1. The van der Waals surface area contributed by atoms with Crippen molar-refractivity contribution in [3.63, 3.8) is 0 Å². The molecule has 0 fully saturated rings. The summed E-state index contributed by atoms with van der Waals surface area (Å²) < 4.78 is 0. The maximum atomic E-state index is 9.96. The fourth-order valence-corrected chi connectivity index (χ4v) is 1.76. The van der Waals surface area contributed by atoms with Crippen molar-refractivity contribution < 1.29 is 5.11 Å². The highest BCUT2D eigenvalue weighted by molar-refractivity contribution is 5.29. The largest absolute Gasteiger partial charge is 0.384 e. The number of aliphatic hydroxyl groups is 1. The summed E-state index contributed by atoms with van der Waals surface area (Å²) >= 11 is 0. The topological polar surface area (TPSA) is 32.3 Å². The standard InChI is InChI=1S/C15H17NO/c1-12-6-5-9-14(16-12)10-11-15(17)13-7-3-2-4-8-13/h2-4,6-11,15-17H,5H2,1H3. The zero-order chi connectivity index (χ0) is 12.1. The van der Waals surface area contributed by atoms with Crippen LogP contribution in [0.1, 0.15) is 25.0 Å². The molecule has 2 N–H and O–H groups in total. The van der Waals surface area contributed by atoms with Crippen LogP contribution in [0.3, 0.4) is 0 Å². The van der Waals surface area contributed by atoms with Gasteiger partial charge in [0.05, 0.1) is 6.10 Å². The highest BCUT2D eigenvalue weighted by Crippen LogP contribution is 2.15. The first kappa shape index (κ1) is 11.7. The smallest absolute Gasteiger partial charge is 0.0975 e. The van der Waals surface area contributed by atoms with Crippen molar-refractivity contribution in [3.05, 3.63) is 71.6 Å². The molecule has 2 heteroatoms. The van der Waals surface area contributed by atoms with Gasteiger partial charge in [-0.1, -0.05) is 42.5 Å². The second-order valence-electron chi connectivity index (χ2n) is 4.12. The van der Waals surface area contributed by atoms with Gasteiger partial charge in [0.1, 0.15) is 0 Å². The molecule has 0 saturated carbocycles. The zero-order valence-corrected chi connectivity index (χ0v) is 9.93. The first-order valence-corrected chi connectivity index (χ1v) is 5.81. The number of rotatable bonds is 3. The lowest BCUT2D eigenvalue weighted by molar-refractivity contribution is 0.228. The van der Waals surface area contributed by atoms with Gasteiger partial charge in [-0.2, -0.15) is 0 Å². The Bertz CT molecular complexity index is 457. The second kappa shape index (κ2) is 5.51. The average molecular weight is 227 g/mol. The summed E-state index contributed by atoms with van der Waals surface area (Å²) in [6, 6.07) is 9.64. The van der Waals surface area contributed by atoms with Crippen LogP contribution in [0.15, 0.2) is 66.0 Å². The zero-order valence-electron chi connectivity index (χ0n) is 9.93. The van der Waals surface area contributed by atoms with E-state index in [1.54, 1.807) is 6.08 Å². The molecule has 1 heterocycles. The molecule has 1 aromatic carbocycles. The van der Waals surface area contributed by atoms with Gasteiger partial charge >= 0.3 is 0 Å². The third kappa shape index (κ3) is 3.33. The van der Waals surface area contributed by atoms with Crippen molar-refractivity contribution >= 4 is 0 Å². The number of hydrogen-bond donors (Lipinski definition) is 2. The van der Waals surface area contributed by atoms with Crippen molar-refractivity contribution in [2.75, 3.05) is 0 Å². The van der Waals surface area contributed by atoms with E-state index in [1.165, 1.54) is 0 Å². The third-order valence-corrected chi connectivity index (χ3v) is 2.70. The van der Waals surface area contributed by atoms with E-state index in [9.17, 15) is 5.11 Å². The molecular formula is C15H17NO. The van der Waals surface area contributed by atoms with E-state index < -0.39 is 6.10 Å². The van der Waals surface area contributed by atoms with Crippen molar-refractivity contribution in [3.8, 4) is 0 Å². The lowest BCUT2D eigenvalue weighted by Gasteiger charge is -2.12. The average Bonchev–Trinajstić information content (AvgIpc) is 2.37. The van der Waals surface area contributed by atoms with Gasteiger partial charge in [0, 0.05) is 11.4 Å². The monoisotopic (exact) mass is 227 g/mol. The minimum Gasteiger partial charge on any atom is -0.384 e. The number of aliphatic hydroxyl groups excluding tert-OH is 1.